The summed E-state index contributed by atoms with van der Waals surface area (Å²) >= 11 is 5.61. The highest BCUT2D eigenvalue weighted by Gasteiger charge is 2.16. The summed E-state index contributed by atoms with van der Waals surface area (Å²) in [5, 5.41) is 9.30. The van der Waals surface area contributed by atoms with Crippen LogP contribution in [0.1, 0.15) is 6.92 Å². The Labute approximate surface area is 96.8 Å². The van der Waals surface area contributed by atoms with Gasteiger partial charge >= 0.3 is 0 Å². The van der Waals surface area contributed by atoms with Crippen molar-refractivity contribution in [3.63, 3.8) is 0 Å². The molecule has 0 fully saturated rings. The summed E-state index contributed by atoms with van der Waals surface area (Å²) in [5.41, 5.74) is 0. The highest BCUT2D eigenvalue weighted by molar-refractivity contribution is 8.13. The first-order chi connectivity index (χ1) is 6.86. The van der Waals surface area contributed by atoms with Crippen LogP contribution in [0.2, 0.25) is 5.02 Å². The van der Waals surface area contributed by atoms with Crippen LogP contribution < -0.4 is 4.74 Å². The lowest BCUT2D eigenvalue weighted by molar-refractivity contribution is 0.317. The van der Waals surface area contributed by atoms with E-state index in [4.69, 9.17) is 27.0 Å². The van der Waals surface area contributed by atoms with Gasteiger partial charge < -0.3 is 9.84 Å². The Morgan fingerprint density at radius 2 is 2.07 bits per heavy atom. The van der Waals surface area contributed by atoms with Crippen LogP contribution in [-0.4, -0.2) is 20.1 Å². The second kappa shape index (κ2) is 4.47. The molecule has 0 amide bonds. The fourth-order valence-electron chi connectivity index (χ4n) is 0.956. The van der Waals surface area contributed by atoms with Gasteiger partial charge in [-0.2, -0.15) is 0 Å². The largest absolute Gasteiger partial charge is 0.503 e. The molecule has 0 aliphatic rings. The van der Waals surface area contributed by atoms with E-state index in [1.54, 1.807) is 6.92 Å². The number of phenols is 1. The van der Waals surface area contributed by atoms with E-state index in [1.165, 1.54) is 0 Å². The molecular weight excluding hydrogens is 263 g/mol. The van der Waals surface area contributed by atoms with E-state index in [9.17, 15) is 13.5 Å². The van der Waals surface area contributed by atoms with Crippen molar-refractivity contribution in [2.45, 2.75) is 11.8 Å². The predicted octanol–water partition coefficient (Wildman–Crippen LogP) is 2.37. The number of ether oxygens (including phenoxy) is 1. The predicted molar refractivity (Wildman–Crippen MR) is 57.3 cm³/mol. The number of rotatable bonds is 3. The van der Waals surface area contributed by atoms with E-state index < -0.39 is 9.05 Å². The van der Waals surface area contributed by atoms with Crippen molar-refractivity contribution in [3.8, 4) is 11.5 Å². The van der Waals surface area contributed by atoms with Crippen molar-refractivity contribution in [2.24, 2.45) is 0 Å². The maximum Gasteiger partial charge on any atom is 0.261 e. The van der Waals surface area contributed by atoms with Gasteiger partial charge in [0.25, 0.3) is 9.05 Å². The Kier molecular flexibility index (Phi) is 3.70. The van der Waals surface area contributed by atoms with Gasteiger partial charge in [-0.1, -0.05) is 11.6 Å². The Hall–Kier alpha value is -0.650. The fraction of sp³-hybridized carbons (Fsp3) is 0.250. The first kappa shape index (κ1) is 12.4. The third-order valence-electron chi connectivity index (χ3n) is 1.58. The molecule has 0 heterocycles. The molecule has 1 N–H and O–H groups in total. The van der Waals surface area contributed by atoms with Crippen LogP contribution in [-0.2, 0) is 9.05 Å². The SMILES string of the molecule is CCOc1cc(S(=O)(=O)Cl)cc(Cl)c1O. The first-order valence-corrected chi connectivity index (χ1v) is 6.65. The van der Waals surface area contributed by atoms with Crippen LogP contribution >= 0.6 is 22.3 Å². The van der Waals surface area contributed by atoms with Crippen LogP contribution in [0.4, 0.5) is 0 Å². The van der Waals surface area contributed by atoms with Gasteiger partial charge in [0.15, 0.2) is 11.5 Å². The van der Waals surface area contributed by atoms with Crippen molar-refractivity contribution in [1.29, 1.82) is 0 Å². The Morgan fingerprint density at radius 1 is 1.47 bits per heavy atom. The van der Waals surface area contributed by atoms with E-state index in [2.05, 4.69) is 0 Å². The number of halogens is 2. The lowest BCUT2D eigenvalue weighted by atomic mass is 10.3. The molecule has 1 rings (SSSR count). The van der Waals surface area contributed by atoms with Crippen LogP contribution in [0.25, 0.3) is 0 Å². The lowest BCUT2D eigenvalue weighted by Crippen LogP contribution is -1.96. The molecule has 0 aliphatic carbocycles. The topological polar surface area (TPSA) is 63.6 Å². The third kappa shape index (κ3) is 2.90. The number of phenolic OH excluding ortho intramolecular Hbond substituents is 1. The monoisotopic (exact) mass is 270 g/mol. The van der Waals surface area contributed by atoms with E-state index in [0.717, 1.165) is 12.1 Å². The standard InChI is InChI=1S/C8H8Cl2O4S/c1-2-14-7-4-5(15(10,12)13)3-6(9)8(7)11/h3-4,11H,2H2,1H3. The van der Waals surface area contributed by atoms with Crippen LogP contribution in [0.3, 0.4) is 0 Å². The summed E-state index contributed by atoms with van der Waals surface area (Å²) < 4.78 is 27.0. The summed E-state index contributed by atoms with van der Waals surface area (Å²) in [6, 6.07) is 2.18. The van der Waals surface area contributed by atoms with E-state index >= 15 is 0 Å². The molecule has 1 aromatic carbocycles. The fourth-order valence-corrected chi connectivity index (χ4v) is 2.01. The van der Waals surface area contributed by atoms with Gasteiger partial charge in [0.05, 0.1) is 16.5 Å². The molecule has 1 aromatic rings. The van der Waals surface area contributed by atoms with Gasteiger partial charge in [-0.15, -0.1) is 0 Å². The Morgan fingerprint density at radius 3 is 2.53 bits per heavy atom. The van der Waals surface area contributed by atoms with Crippen LogP contribution in [0, 0.1) is 0 Å². The average Bonchev–Trinajstić information content (AvgIpc) is 2.11. The van der Waals surface area contributed by atoms with Crippen LogP contribution in [0.15, 0.2) is 17.0 Å². The van der Waals surface area contributed by atoms with Crippen molar-refractivity contribution >= 4 is 31.3 Å². The zero-order valence-electron chi connectivity index (χ0n) is 7.70. The van der Waals surface area contributed by atoms with Gasteiger partial charge in [0, 0.05) is 16.7 Å². The number of hydrogen-bond donors (Lipinski definition) is 1. The van der Waals surface area contributed by atoms with Crippen molar-refractivity contribution < 1.29 is 18.3 Å². The molecule has 4 nitrogen and oxygen atoms in total. The lowest BCUT2D eigenvalue weighted by Gasteiger charge is -2.08. The molecule has 0 unspecified atom stereocenters. The van der Waals surface area contributed by atoms with E-state index in [-0.39, 0.29) is 28.0 Å². The molecule has 0 bridgehead atoms. The summed E-state index contributed by atoms with van der Waals surface area (Å²) in [5.74, 6) is -0.313. The molecule has 84 valence electrons. The molecule has 7 heteroatoms. The molecule has 0 aromatic heterocycles. The minimum atomic E-state index is -3.89. The third-order valence-corrected chi connectivity index (χ3v) is 3.20. The normalized spacial score (nSPS) is 11.4. The molecule has 0 saturated heterocycles. The summed E-state index contributed by atoms with van der Waals surface area (Å²) in [7, 11) is 1.25. The smallest absolute Gasteiger partial charge is 0.261 e. The molecule has 0 aliphatic heterocycles. The highest BCUT2D eigenvalue weighted by Crippen LogP contribution is 2.37. The number of aromatic hydroxyl groups is 1. The van der Waals surface area contributed by atoms with Gasteiger partial charge in [0.2, 0.25) is 0 Å². The summed E-state index contributed by atoms with van der Waals surface area (Å²) in [4.78, 5) is -0.213. The van der Waals surface area contributed by atoms with Gasteiger partial charge in [0.1, 0.15) is 0 Å². The van der Waals surface area contributed by atoms with E-state index in [1.807, 2.05) is 0 Å². The van der Waals surface area contributed by atoms with Gasteiger partial charge in [-0.25, -0.2) is 8.42 Å². The summed E-state index contributed by atoms with van der Waals surface area (Å²) in [6.45, 7) is 1.96. The van der Waals surface area contributed by atoms with Gasteiger partial charge in [-0.3, -0.25) is 0 Å². The van der Waals surface area contributed by atoms with Crippen molar-refractivity contribution in [3.05, 3.63) is 17.2 Å². The van der Waals surface area contributed by atoms with Gasteiger partial charge in [-0.05, 0) is 13.0 Å². The maximum absolute atomic E-state index is 11.0. The zero-order chi connectivity index (χ0) is 11.6. The minimum absolute atomic E-state index is 0.00998. The number of hydrogen-bond acceptors (Lipinski definition) is 4. The van der Waals surface area contributed by atoms with Crippen LogP contribution in [0.5, 0.6) is 11.5 Å². The molecular formula is C8H8Cl2O4S. The quantitative estimate of drug-likeness (QED) is 0.857. The van der Waals surface area contributed by atoms with Crippen molar-refractivity contribution in [2.75, 3.05) is 6.61 Å². The first-order valence-electron chi connectivity index (χ1n) is 3.96. The molecule has 0 spiro atoms. The number of benzene rings is 1. The Bertz CT molecular complexity index is 470. The minimum Gasteiger partial charge on any atom is -0.503 e. The molecule has 0 radical (unpaired) electrons. The maximum atomic E-state index is 11.0. The Balaban J connectivity index is 3.36. The molecule has 0 saturated carbocycles. The zero-order valence-corrected chi connectivity index (χ0v) is 10.0. The molecule has 0 atom stereocenters. The molecule has 15 heavy (non-hydrogen) atoms. The highest BCUT2D eigenvalue weighted by atomic mass is 35.7. The average molecular weight is 271 g/mol. The summed E-state index contributed by atoms with van der Waals surface area (Å²) in [6.07, 6.45) is 0. The second-order valence-corrected chi connectivity index (χ2v) is 5.60. The van der Waals surface area contributed by atoms with Crippen molar-refractivity contribution in [1.82, 2.24) is 0 Å². The second-order valence-electron chi connectivity index (χ2n) is 2.62. The van der Waals surface area contributed by atoms with E-state index in [0.29, 0.717) is 0 Å².